The number of pyridine rings is 1. The molecule has 1 atom stereocenters. The Bertz CT molecular complexity index is 1400. The van der Waals surface area contributed by atoms with Gasteiger partial charge in [0.05, 0.1) is 6.61 Å². The predicted octanol–water partition coefficient (Wildman–Crippen LogP) is 7.01. The zero-order valence-corrected chi connectivity index (χ0v) is 24.4. The lowest BCUT2D eigenvalue weighted by atomic mass is 9.80. The van der Waals surface area contributed by atoms with E-state index >= 15 is 0 Å². The van der Waals surface area contributed by atoms with Crippen LogP contribution in [0.15, 0.2) is 18.7 Å². The minimum absolute atomic E-state index is 0.135. The lowest BCUT2D eigenvalue weighted by molar-refractivity contribution is 0.0684. The zero-order chi connectivity index (χ0) is 28.6. The van der Waals surface area contributed by atoms with Crippen LogP contribution in [0.3, 0.4) is 0 Å². The van der Waals surface area contributed by atoms with Gasteiger partial charge in [-0.1, -0.05) is 46.6 Å². The molecule has 0 spiro atoms. The van der Waals surface area contributed by atoms with E-state index in [0.29, 0.717) is 52.8 Å². The van der Waals surface area contributed by atoms with Crippen molar-refractivity contribution < 1.29 is 14.6 Å². The first-order valence-corrected chi connectivity index (χ1v) is 14.8. The van der Waals surface area contributed by atoms with E-state index in [-0.39, 0.29) is 23.7 Å². The Labute approximate surface area is 236 Å². The minimum atomic E-state index is -1.18. The Kier molecular flexibility index (Phi) is 8.10. The van der Waals surface area contributed by atoms with Gasteiger partial charge in [0.25, 0.3) is 0 Å². The van der Waals surface area contributed by atoms with E-state index in [2.05, 4.69) is 49.6 Å². The van der Waals surface area contributed by atoms with Gasteiger partial charge in [-0.2, -0.15) is 0 Å². The standard InChI is InChI=1S/C31H42N6O3/c1-7-40-25-16-23(17(2)3)15-24(33-25)30-36-28-26(37(30)20(6)22-13-11-18(4)12-14-22)27(34-29(35-28)31(38)39)32-19(5)21-9-8-10-21/h15-19,21-22H,6-14H2,1-5H3,(H,38,39)(H,32,34,35). The maximum atomic E-state index is 12.1. The van der Waals surface area contributed by atoms with Gasteiger partial charge in [0, 0.05) is 17.8 Å². The van der Waals surface area contributed by atoms with Crippen LogP contribution in [-0.2, 0) is 0 Å². The third kappa shape index (κ3) is 5.56. The summed E-state index contributed by atoms with van der Waals surface area (Å²) in [5.74, 6) is 1.88. The molecule has 2 saturated carbocycles. The second-order valence-corrected chi connectivity index (χ2v) is 11.9. The number of aromatic carboxylic acids is 1. The van der Waals surface area contributed by atoms with Crippen LogP contribution in [0.5, 0.6) is 5.88 Å². The molecule has 0 aromatic carbocycles. The van der Waals surface area contributed by atoms with Crippen LogP contribution >= 0.6 is 0 Å². The molecule has 2 aliphatic rings. The average molecular weight is 547 g/mol. The quantitative estimate of drug-likeness (QED) is 0.279. The Balaban J connectivity index is 1.74. The number of nitrogens with zero attached hydrogens (tertiary/aromatic N) is 5. The van der Waals surface area contributed by atoms with E-state index in [9.17, 15) is 9.90 Å². The number of allylic oxidation sites excluding steroid dienone is 1. The summed E-state index contributed by atoms with van der Waals surface area (Å²) >= 11 is 0. The predicted molar refractivity (Wildman–Crippen MR) is 158 cm³/mol. The van der Waals surface area contributed by atoms with Gasteiger partial charge in [0.2, 0.25) is 11.7 Å². The normalized spacial score (nSPS) is 20.4. The third-order valence-electron chi connectivity index (χ3n) is 8.71. The van der Waals surface area contributed by atoms with Gasteiger partial charge in [0.15, 0.2) is 17.3 Å². The van der Waals surface area contributed by atoms with Crippen molar-refractivity contribution in [3.05, 3.63) is 30.1 Å². The molecule has 2 N–H and O–H groups in total. The molecule has 0 aliphatic heterocycles. The van der Waals surface area contributed by atoms with Gasteiger partial charge in [-0.25, -0.2) is 24.7 Å². The molecular formula is C31H42N6O3. The molecule has 0 bridgehead atoms. The van der Waals surface area contributed by atoms with Gasteiger partial charge in [0.1, 0.15) is 11.2 Å². The van der Waals surface area contributed by atoms with Crippen LogP contribution in [0.1, 0.15) is 102 Å². The molecule has 9 heteroatoms. The molecule has 3 aromatic heterocycles. The highest BCUT2D eigenvalue weighted by atomic mass is 16.5. The molecule has 40 heavy (non-hydrogen) atoms. The number of ether oxygens (including phenoxy) is 1. The Morgan fingerprint density at radius 1 is 1.10 bits per heavy atom. The van der Waals surface area contributed by atoms with Crippen molar-refractivity contribution in [1.82, 2.24) is 24.5 Å². The molecule has 214 valence electrons. The van der Waals surface area contributed by atoms with Gasteiger partial charge >= 0.3 is 5.97 Å². The number of hydrogen-bond donors (Lipinski definition) is 2. The summed E-state index contributed by atoms with van der Waals surface area (Å²) < 4.78 is 7.89. The lowest BCUT2D eigenvalue weighted by Crippen LogP contribution is -2.31. The number of fused-ring (bicyclic) bond motifs is 1. The van der Waals surface area contributed by atoms with Crippen molar-refractivity contribution in [3.63, 3.8) is 0 Å². The fourth-order valence-electron chi connectivity index (χ4n) is 5.88. The van der Waals surface area contributed by atoms with Gasteiger partial charge in [-0.15, -0.1) is 0 Å². The van der Waals surface area contributed by atoms with Crippen LogP contribution in [0.4, 0.5) is 5.82 Å². The second-order valence-electron chi connectivity index (χ2n) is 11.9. The van der Waals surface area contributed by atoms with E-state index < -0.39 is 5.97 Å². The van der Waals surface area contributed by atoms with E-state index in [0.717, 1.165) is 49.8 Å². The molecule has 2 aliphatic carbocycles. The van der Waals surface area contributed by atoms with Gasteiger partial charge in [-0.05, 0) is 74.8 Å². The number of carbonyl (C=O) groups is 1. The van der Waals surface area contributed by atoms with E-state index in [1.54, 1.807) is 0 Å². The molecule has 2 fully saturated rings. The number of imidazole rings is 1. The SMILES string of the molecule is C=C(C1CCC(C)CC1)n1c(-c2cc(C(C)C)cc(OCC)n2)nc2nc(C(=O)O)nc(NC(C)C3CCC3)c21. The number of carboxylic acid groups (broad SMARTS) is 1. The van der Waals surface area contributed by atoms with Crippen molar-refractivity contribution >= 4 is 28.6 Å². The van der Waals surface area contributed by atoms with Crippen LogP contribution in [0, 0.1) is 17.8 Å². The van der Waals surface area contributed by atoms with Crippen molar-refractivity contribution in [2.75, 3.05) is 11.9 Å². The molecule has 5 rings (SSSR count). The summed E-state index contributed by atoms with van der Waals surface area (Å²) in [4.78, 5) is 30.7. The molecule has 3 aromatic rings. The Hall–Kier alpha value is -3.49. The molecule has 1 unspecified atom stereocenters. The summed E-state index contributed by atoms with van der Waals surface area (Å²) in [5, 5.41) is 13.4. The Morgan fingerprint density at radius 2 is 1.82 bits per heavy atom. The zero-order valence-electron chi connectivity index (χ0n) is 24.4. The maximum Gasteiger partial charge on any atom is 0.374 e. The second kappa shape index (κ2) is 11.6. The summed E-state index contributed by atoms with van der Waals surface area (Å²) in [6.45, 7) is 15.7. The molecule has 0 saturated heterocycles. The van der Waals surface area contributed by atoms with E-state index in [1.807, 2.05) is 23.6 Å². The first-order chi connectivity index (χ1) is 19.2. The number of carboxylic acids is 1. The van der Waals surface area contributed by atoms with E-state index in [4.69, 9.17) is 14.7 Å². The Morgan fingerprint density at radius 3 is 2.42 bits per heavy atom. The topological polar surface area (TPSA) is 115 Å². The molecule has 0 amide bonds. The van der Waals surface area contributed by atoms with Crippen molar-refractivity contribution in [2.45, 2.75) is 91.5 Å². The summed E-state index contributed by atoms with van der Waals surface area (Å²) in [7, 11) is 0. The highest BCUT2D eigenvalue weighted by Crippen LogP contribution is 2.40. The van der Waals surface area contributed by atoms with Crippen molar-refractivity contribution in [2.24, 2.45) is 17.8 Å². The number of anilines is 1. The van der Waals surface area contributed by atoms with Gasteiger partial charge < -0.3 is 15.2 Å². The smallest absolute Gasteiger partial charge is 0.374 e. The number of aromatic nitrogens is 5. The molecule has 3 heterocycles. The van der Waals surface area contributed by atoms with Crippen LogP contribution < -0.4 is 10.1 Å². The minimum Gasteiger partial charge on any atom is -0.478 e. The monoisotopic (exact) mass is 546 g/mol. The maximum absolute atomic E-state index is 12.1. The fourth-order valence-corrected chi connectivity index (χ4v) is 5.88. The first kappa shape index (κ1) is 28.1. The number of rotatable bonds is 10. The first-order valence-electron chi connectivity index (χ1n) is 14.8. The summed E-state index contributed by atoms with van der Waals surface area (Å²) in [6, 6.07) is 4.14. The van der Waals surface area contributed by atoms with Gasteiger partial charge in [-0.3, -0.25) is 4.57 Å². The molecular weight excluding hydrogens is 504 g/mol. The van der Waals surface area contributed by atoms with Crippen molar-refractivity contribution in [3.8, 4) is 17.4 Å². The number of hydrogen-bond acceptors (Lipinski definition) is 7. The van der Waals surface area contributed by atoms with Crippen LogP contribution in [0.25, 0.3) is 28.4 Å². The lowest BCUT2D eigenvalue weighted by Gasteiger charge is -2.32. The highest BCUT2D eigenvalue weighted by molar-refractivity contribution is 5.94. The molecule has 0 radical (unpaired) electrons. The summed E-state index contributed by atoms with van der Waals surface area (Å²) in [6.07, 6.45) is 7.89. The van der Waals surface area contributed by atoms with Crippen molar-refractivity contribution in [1.29, 1.82) is 0 Å². The van der Waals surface area contributed by atoms with Crippen LogP contribution in [0.2, 0.25) is 0 Å². The number of nitrogens with one attached hydrogen (secondary N) is 1. The van der Waals surface area contributed by atoms with E-state index in [1.165, 1.54) is 6.42 Å². The fraction of sp³-hybridized carbons (Fsp3) is 0.581. The largest absolute Gasteiger partial charge is 0.478 e. The van der Waals surface area contributed by atoms with Crippen LogP contribution in [-0.4, -0.2) is 48.2 Å². The third-order valence-corrected chi connectivity index (χ3v) is 8.71. The molecule has 9 nitrogen and oxygen atoms in total. The average Bonchev–Trinajstić information content (AvgIpc) is 3.27. The highest BCUT2D eigenvalue weighted by Gasteiger charge is 2.31. The summed E-state index contributed by atoms with van der Waals surface area (Å²) in [5.41, 5.74) is 3.63.